The van der Waals surface area contributed by atoms with Crippen LogP contribution in [-0.2, 0) is 24.4 Å². The van der Waals surface area contributed by atoms with E-state index in [9.17, 15) is 9.90 Å². The number of nitrogens with zero attached hydrogens (tertiary/aromatic N) is 5. The van der Waals surface area contributed by atoms with Gasteiger partial charge in [-0.25, -0.2) is 5.43 Å². The monoisotopic (exact) mass is 614 g/mol. The number of rotatable bonds is 12. The quantitative estimate of drug-likeness (QED) is 0.129. The third kappa shape index (κ3) is 8.76. The van der Waals surface area contributed by atoms with Gasteiger partial charge in [-0.05, 0) is 54.8 Å². The molecule has 2 heterocycles. The third-order valence-electron chi connectivity index (χ3n) is 7.13. The zero-order valence-electron chi connectivity index (χ0n) is 24.6. The van der Waals surface area contributed by atoms with Gasteiger partial charge < -0.3 is 14.4 Å². The highest BCUT2D eigenvalue weighted by molar-refractivity contribution is 6.30. The van der Waals surface area contributed by atoms with Crippen LogP contribution in [0.5, 0.6) is 11.5 Å². The summed E-state index contributed by atoms with van der Waals surface area (Å²) in [7, 11) is 0. The largest absolute Gasteiger partial charge is 0.507 e. The van der Waals surface area contributed by atoms with E-state index >= 15 is 0 Å². The molecular formula is C33H35ClN6O4. The van der Waals surface area contributed by atoms with Gasteiger partial charge in [0.2, 0.25) is 11.7 Å². The minimum Gasteiger partial charge on any atom is -0.507 e. The minimum atomic E-state index is -0.212. The van der Waals surface area contributed by atoms with Crippen LogP contribution in [-0.4, -0.2) is 69.9 Å². The number of para-hydroxylation sites is 1. The lowest BCUT2D eigenvalue weighted by Gasteiger charge is -2.33. The lowest BCUT2D eigenvalue weighted by Crippen LogP contribution is -2.48. The number of nitrogens with one attached hydrogen (secondary N) is 1. The lowest BCUT2D eigenvalue weighted by atomic mass is 10.0. The van der Waals surface area contributed by atoms with Crippen molar-refractivity contribution in [2.45, 2.75) is 26.5 Å². The van der Waals surface area contributed by atoms with Crippen molar-refractivity contribution in [3.8, 4) is 22.9 Å². The zero-order chi connectivity index (χ0) is 30.9. The molecule has 4 aromatic rings. The standard InChI is InChI=1S/C33H35ClN6O4/c1-23(2)18-26-4-3-5-27(32(26)42)19-35-37-30(41)20-39-14-16-40(17-15-39)21-31-36-33(38-44-31)25-8-6-24(7-9-25)22-43-29-12-10-28(34)11-13-29/h3-13,19,42H,1,14-18,20-22H2,2H3,(H,37,41)/b35-19+. The highest BCUT2D eigenvalue weighted by Crippen LogP contribution is 2.23. The van der Waals surface area contributed by atoms with Gasteiger partial charge in [0.15, 0.2) is 0 Å². The molecule has 3 aromatic carbocycles. The molecule has 0 atom stereocenters. The molecule has 0 bridgehead atoms. The van der Waals surface area contributed by atoms with Crippen LogP contribution in [0.4, 0.5) is 0 Å². The van der Waals surface area contributed by atoms with Gasteiger partial charge in [-0.1, -0.05) is 65.3 Å². The Hall–Kier alpha value is -4.51. The van der Waals surface area contributed by atoms with Crippen molar-refractivity contribution in [3.05, 3.63) is 106 Å². The first-order valence-corrected chi connectivity index (χ1v) is 14.7. The first-order valence-electron chi connectivity index (χ1n) is 14.3. The molecule has 228 valence electrons. The molecule has 10 nitrogen and oxygen atoms in total. The van der Waals surface area contributed by atoms with Crippen LogP contribution in [0.2, 0.25) is 5.02 Å². The first kappa shape index (κ1) is 30.9. The number of ether oxygens (including phenoxy) is 1. The number of piperazine rings is 1. The molecule has 1 saturated heterocycles. The van der Waals surface area contributed by atoms with Gasteiger partial charge in [0, 0.05) is 42.3 Å². The SMILES string of the molecule is C=C(C)Cc1cccc(/C=N/NC(=O)CN2CCN(Cc3nc(-c4ccc(COc5ccc(Cl)cc5)cc4)no3)CC2)c1O. The van der Waals surface area contributed by atoms with Gasteiger partial charge in [-0.2, -0.15) is 10.1 Å². The Balaban J connectivity index is 1.03. The number of carbonyl (C=O) groups is 1. The lowest BCUT2D eigenvalue weighted by molar-refractivity contribution is -0.122. The van der Waals surface area contributed by atoms with Gasteiger partial charge in [-0.15, -0.1) is 0 Å². The number of phenolic OH excluding ortho intramolecular Hbond substituents is 1. The van der Waals surface area contributed by atoms with Crippen LogP contribution in [0.1, 0.15) is 29.5 Å². The number of allylic oxidation sites excluding steroid dienone is 1. The topological polar surface area (TPSA) is 116 Å². The van der Waals surface area contributed by atoms with Crippen molar-refractivity contribution in [1.82, 2.24) is 25.4 Å². The molecule has 2 N–H and O–H groups in total. The molecule has 11 heteroatoms. The summed E-state index contributed by atoms with van der Waals surface area (Å²) in [4.78, 5) is 21.3. The molecule has 44 heavy (non-hydrogen) atoms. The molecule has 1 amide bonds. The average molecular weight is 615 g/mol. The van der Waals surface area contributed by atoms with Gasteiger partial charge in [-0.3, -0.25) is 14.6 Å². The summed E-state index contributed by atoms with van der Waals surface area (Å²) in [6, 6.07) is 20.6. The van der Waals surface area contributed by atoms with E-state index < -0.39 is 0 Å². The maximum atomic E-state index is 12.4. The average Bonchev–Trinajstić information content (AvgIpc) is 3.48. The Morgan fingerprint density at radius 3 is 2.55 bits per heavy atom. The van der Waals surface area contributed by atoms with Crippen molar-refractivity contribution < 1.29 is 19.2 Å². The van der Waals surface area contributed by atoms with E-state index in [2.05, 4.69) is 37.0 Å². The first-order chi connectivity index (χ1) is 21.3. The van der Waals surface area contributed by atoms with Crippen LogP contribution < -0.4 is 10.2 Å². The van der Waals surface area contributed by atoms with E-state index in [4.69, 9.17) is 20.9 Å². The maximum Gasteiger partial charge on any atom is 0.254 e. The fourth-order valence-electron chi connectivity index (χ4n) is 4.78. The molecule has 0 aliphatic carbocycles. The highest BCUT2D eigenvalue weighted by Gasteiger charge is 2.21. The van der Waals surface area contributed by atoms with Gasteiger partial charge in [0.05, 0.1) is 19.3 Å². The summed E-state index contributed by atoms with van der Waals surface area (Å²) in [6.07, 6.45) is 2.04. The molecule has 1 fully saturated rings. The fraction of sp³-hybridized carbons (Fsp3) is 0.273. The summed E-state index contributed by atoms with van der Waals surface area (Å²) in [5.74, 6) is 1.78. The molecular weight excluding hydrogens is 580 g/mol. The van der Waals surface area contributed by atoms with E-state index in [0.29, 0.717) is 41.9 Å². The smallest absolute Gasteiger partial charge is 0.254 e. The number of hydrogen-bond donors (Lipinski definition) is 2. The fourth-order valence-corrected chi connectivity index (χ4v) is 4.90. The zero-order valence-corrected chi connectivity index (χ0v) is 25.3. The van der Waals surface area contributed by atoms with Crippen LogP contribution in [0, 0.1) is 0 Å². The van der Waals surface area contributed by atoms with Gasteiger partial charge in [0.1, 0.15) is 18.1 Å². The summed E-state index contributed by atoms with van der Waals surface area (Å²) >= 11 is 5.92. The number of hydrogen-bond acceptors (Lipinski definition) is 9. The number of aromatic hydroxyl groups is 1. The van der Waals surface area contributed by atoms with Crippen molar-refractivity contribution >= 4 is 23.7 Å². The van der Waals surface area contributed by atoms with Crippen LogP contribution >= 0.6 is 11.6 Å². The van der Waals surface area contributed by atoms with E-state index in [1.807, 2.05) is 55.5 Å². The molecule has 1 aliphatic rings. The van der Waals surface area contributed by atoms with Crippen LogP contribution in [0.25, 0.3) is 11.4 Å². The molecule has 0 unspecified atom stereocenters. The summed E-state index contributed by atoms with van der Waals surface area (Å²) in [5, 5.41) is 19.3. The highest BCUT2D eigenvalue weighted by atomic mass is 35.5. The Labute approximate surface area is 261 Å². The number of halogens is 1. The molecule has 1 aromatic heterocycles. The summed E-state index contributed by atoms with van der Waals surface area (Å²) in [5.41, 5.74) is 6.70. The van der Waals surface area contributed by atoms with E-state index in [1.165, 1.54) is 6.21 Å². The van der Waals surface area contributed by atoms with Crippen molar-refractivity contribution in [2.75, 3.05) is 32.7 Å². The number of hydrazone groups is 1. The van der Waals surface area contributed by atoms with E-state index in [0.717, 1.165) is 54.2 Å². The minimum absolute atomic E-state index is 0.146. The summed E-state index contributed by atoms with van der Waals surface area (Å²) < 4.78 is 11.3. The molecule has 0 spiro atoms. The Morgan fingerprint density at radius 2 is 1.82 bits per heavy atom. The predicted octanol–water partition coefficient (Wildman–Crippen LogP) is 5.06. The number of aromatic nitrogens is 2. The predicted molar refractivity (Wildman–Crippen MR) is 170 cm³/mol. The summed E-state index contributed by atoms with van der Waals surface area (Å²) in [6.45, 7) is 9.99. The van der Waals surface area contributed by atoms with Gasteiger partial charge in [0.25, 0.3) is 5.91 Å². The Bertz CT molecular complexity index is 1600. The molecule has 0 radical (unpaired) electrons. The van der Waals surface area contributed by atoms with Crippen molar-refractivity contribution in [2.24, 2.45) is 5.10 Å². The number of phenols is 1. The van der Waals surface area contributed by atoms with Crippen LogP contribution in [0.15, 0.2) is 88.5 Å². The number of benzene rings is 3. The maximum absolute atomic E-state index is 12.4. The van der Waals surface area contributed by atoms with E-state index in [1.54, 1.807) is 18.2 Å². The second-order valence-corrected chi connectivity index (χ2v) is 11.2. The molecule has 1 aliphatic heterocycles. The Kier molecular flexibility index (Phi) is 10.4. The second kappa shape index (κ2) is 14.8. The second-order valence-electron chi connectivity index (χ2n) is 10.8. The van der Waals surface area contributed by atoms with Crippen molar-refractivity contribution in [3.63, 3.8) is 0 Å². The molecule has 0 saturated carbocycles. The van der Waals surface area contributed by atoms with Crippen LogP contribution in [0.3, 0.4) is 0 Å². The number of carbonyl (C=O) groups excluding carboxylic acids is 1. The normalized spacial score (nSPS) is 14.1. The third-order valence-corrected chi connectivity index (χ3v) is 7.38. The molecule has 5 rings (SSSR count). The van der Waals surface area contributed by atoms with Crippen molar-refractivity contribution in [1.29, 1.82) is 0 Å². The number of amides is 1. The Morgan fingerprint density at radius 1 is 1.09 bits per heavy atom. The van der Waals surface area contributed by atoms with E-state index in [-0.39, 0.29) is 18.2 Å². The van der Waals surface area contributed by atoms with Gasteiger partial charge >= 0.3 is 0 Å².